The Bertz CT molecular complexity index is 357. The predicted octanol–water partition coefficient (Wildman–Crippen LogP) is 2.80. The number of hydrogen-bond donors (Lipinski definition) is 2. The summed E-state index contributed by atoms with van der Waals surface area (Å²) in [4.78, 5) is 0. The van der Waals surface area contributed by atoms with Gasteiger partial charge in [-0.25, -0.2) is 0 Å². The maximum atomic E-state index is 9.40. The van der Waals surface area contributed by atoms with Crippen molar-refractivity contribution in [2.24, 2.45) is 11.7 Å². The molecule has 2 rings (SSSR count). The van der Waals surface area contributed by atoms with E-state index in [4.69, 9.17) is 5.73 Å². The molecule has 0 aliphatic heterocycles. The molecule has 3 heteroatoms. The van der Waals surface area contributed by atoms with Gasteiger partial charge in [-0.15, -0.1) is 0 Å². The minimum Gasteiger partial charge on any atom is -0.394 e. The molecule has 1 saturated carbocycles. The Labute approximate surface area is 114 Å². The van der Waals surface area contributed by atoms with Crippen molar-refractivity contribution in [3.63, 3.8) is 0 Å². The van der Waals surface area contributed by atoms with Gasteiger partial charge in [0.25, 0.3) is 0 Å². The van der Waals surface area contributed by atoms with Gasteiger partial charge in [0.2, 0.25) is 0 Å². The fourth-order valence-corrected chi connectivity index (χ4v) is 3.82. The maximum absolute atomic E-state index is 9.40. The summed E-state index contributed by atoms with van der Waals surface area (Å²) in [6.07, 6.45) is 4.47. The maximum Gasteiger partial charge on any atom is 0.0613 e. The Morgan fingerprint density at radius 3 is 2.83 bits per heavy atom. The summed E-state index contributed by atoms with van der Waals surface area (Å²) in [5.41, 5.74) is 7.32. The summed E-state index contributed by atoms with van der Waals surface area (Å²) in [5, 5.41) is 9.40. The van der Waals surface area contributed by atoms with E-state index in [0.29, 0.717) is 5.92 Å². The summed E-state index contributed by atoms with van der Waals surface area (Å²) in [5.74, 6) is 2.72. The molecule has 1 fully saturated rings. The van der Waals surface area contributed by atoms with E-state index in [9.17, 15) is 5.11 Å². The lowest BCUT2D eigenvalue weighted by atomic mass is 9.87. The van der Waals surface area contributed by atoms with Crippen molar-refractivity contribution < 1.29 is 5.11 Å². The Hall–Kier alpha value is -0.510. The molecule has 2 atom stereocenters. The van der Waals surface area contributed by atoms with Gasteiger partial charge in [-0.1, -0.05) is 36.8 Å². The Morgan fingerprint density at radius 2 is 2.11 bits per heavy atom. The lowest BCUT2D eigenvalue weighted by Gasteiger charge is -2.29. The SMILES string of the molecule is NC1(CO)CCCC1CCSCc1ccccc1. The van der Waals surface area contributed by atoms with Crippen LogP contribution >= 0.6 is 11.8 Å². The van der Waals surface area contributed by atoms with Crippen molar-refractivity contribution in [3.05, 3.63) is 35.9 Å². The third-order valence-corrected chi connectivity index (χ3v) is 5.09. The molecule has 1 aliphatic rings. The topological polar surface area (TPSA) is 46.2 Å². The number of nitrogens with two attached hydrogens (primary N) is 1. The fraction of sp³-hybridized carbons (Fsp3) is 0.600. The van der Waals surface area contributed by atoms with Crippen LogP contribution in [0, 0.1) is 5.92 Å². The van der Waals surface area contributed by atoms with E-state index in [0.717, 1.165) is 24.3 Å². The highest BCUT2D eigenvalue weighted by Crippen LogP contribution is 2.36. The zero-order chi connectivity index (χ0) is 12.8. The molecule has 0 spiro atoms. The highest BCUT2D eigenvalue weighted by Gasteiger charge is 2.38. The molecular weight excluding hydrogens is 242 g/mol. The molecule has 0 heterocycles. The molecule has 2 unspecified atom stereocenters. The molecule has 1 aromatic rings. The first kappa shape index (κ1) is 13.9. The quantitative estimate of drug-likeness (QED) is 0.778. The first-order valence-electron chi connectivity index (χ1n) is 6.76. The van der Waals surface area contributed by atoms with Crippen molar-refractivity contribution in [2.75, 3.05) is 12.4 Å². The average molecular weight is 265 g/mol. The molecular formula is C15H23NOS. The predicted molar refractivity (Wildman–Crippen MR) is 78.6 cm³/mol. The molecule has 18 heavy (non-hydrogen) atoms. The van der Waals surface area contributed by atoms with Gasteiger partial charge in [-0.3, -0.25) is 0 Å². The van der Waals surface area contributed by atoms with Gasteiger partial charge in [0.15, 0.2) is 0 Å². The largest absolute Gasteiger partial charge is 0.394 e. The average Bonchev–Trinajstić information content (AvgIpc) is 2.78. The van der Waals surface area contributed by atoms with Gasteiger partial charge < -0.3 is 10.8 Å². The Morgan fingerprint density at radius 1 is 1.33 bits per heavy atom. The van der Waals surface area contributed by atoms with E-state index in [2.05, 4.69) is 30.3 Å². The van der Waals surface area contributed by atoms with Gasteiger partial charge in [-0.2, -0.15) is 11.8 Å². The van der Waals surface area contributed by atoms with Crippen LogP contribution in [0.5, 0.6) is 0 Å². The van der Waals surface area contributed by atoms with Crippen LogP contribution in [0.4, 0.5) is 0 Å². The normalized spacial score (nSPS) is 27.6. The van der Waals surface area contributed by atoms with Gasteiger partial charge in [0, 0.05) is 11.3 Å². The minimum absolute atomic E-state index is 0.140. The lowest BCUT2D eigenvalue weighted by Crippen LogP contribution is -2.47. The monoisotopic (exact) mass is 265 g/mol. The molecule has 0 saturated heterocycles. The van der Waals surface area contributed by atoms with Crippen molar-refractivity contribution in [1.82, 2.24) is 0 Å². The zero-order valence-electron chi connectivity index (χ0n) is 10.8. The Kier molecular flexibility index (Phi) is 5.10. The fourth-order valence-electron chi connectivity index (χ4n) is 2.80. The number of rotatable bonds is 6. The van der Waals surface area contributed by atoms with Gasteiger partial charge >= 0.3 is 0 Å². The van der Waals surface area contributed by atoms with E-state index in [1.54, 1.807) is 0 Å². The second-order valence-electron chi connectivity index (χ2n) is 5.31. The molecule has 1 aliphatic carbocycles. The number of thioether (sulfide) groups is 1. The third-order valence-electron chi connectivity index (χ3n) is 4.02. The van der Waals surface area contributed by atoms with Crippen LogP contribution in [0.3, 0.4) is 0 Å². The summed E-state index contributed by atoms with van der Waals surface area (Å²) in [7, 11) is 0. The molecule has 100 valence electrons. The van der Waals surface area contributed by atoms with Crippen LogP contribution in [0.1, 0.15) is 31.2 Å². The van der Waals surface area contributed by atoms with E-state index in [1.165, 1.54) is 18.4 Å². The van der Waals surface area contributed by atoms with Crippen LogP contribution in [0.15, 0.2) is 30.3 Å². The highest BCUT2D eigenvalue weighted by atomic mass is 32.2. The van der Waals surface area contributed by atoms with E-state index in [1.807, 2.05) is 11.8 Å². The number of aliphatic hydroxyl groups excluding tert-OH is 1. The minimum atomic E-state index is -0.298. The second kappa shape index (κ2) is 6.60. The third kappa shape index (κ3) is 3.50. The number of aliphatic hydroxyl groups is 1. The van der Waals surface area contributed by atoms with E-state index >= 15 is 0 Å². The highest BCUT2D eigenvalue weighted by molar-refractivity contribution is 7.98. The molecule has 3 N–H and O–H groups in total. The number of hydrogen-bond acceptors (Lipinski definition) is 3. The van der Waals surface area contributed by atoms with Crippen LogP contribution in [0.2, 0.25) is 0 Å². The lowest BCUT2D eigenvalue weighted by molar-refractivity contribution is 0.158. The Balaban J connectivity index is 1.70. The molecule has 2 nitrogen and oxygen atoms in total. The zero-order valence-corrected chi connectivity index (χ0v) is 11.7. The first-order chi connectivity index (χ1) is 8.74. The molecule has 1 aromatic carbocycles. The second-order valence-corrected chi connectivity index (χ2v) is 6.41. The van der Waals surface area contributed by atoms with Crippen LogP contribution in [-0.4, -0.2) is 23.0 Å². The van der Waals surface area contributed by atoms with Crippen LogP contribution in [0.25, 0.3) is 0 Å². The standard InChI is InChI=1S/C15H23NOS/c16-15(12-17)9-4-7-14(15)8-10-18-11-13-5-2-1-3-6-13/h1-3,5-6,14,17H,4,7-12,16H2. The van der Waals surface area contributed by atoms with E-state index in [-0.39, 0.29) is 12.1 Å². The van der Waals surface area contributed by atoms with Crippen molar-refractivity contribution >= 4 is 11.8 Å². The summed E-state index contributed by atoms with van der Waals surface area (Å²) < 4.78 is 0. The van der Waals surface area contributed by atoms with Crippen LogP contribution in [-0.2, 0) is 5.75 Å². The summed E-state index contributed by atoms with van der Waals surface area (Å²) in [6, 6.07) is 10.6. The molecule has 0 radical (unpaired) electrons. The smallest absolute Gasteiger partial charge is 0.0613 e. The van der Waals surface area contributed by atoms with Gasteiger partial charge in [0.1, 0.15) is 0 Å². The molecule has 0 bridgehead atoms. The van der Waals surface area contributed by atoms with Crippen molar-refractivity contribution in [2.45, 2.75) is 37.0 Å². The van der Waals surface area contributed by atoms with Gasteiger partial charge in [0.05, 0.1) is 6.61 Å². The van der Waals surface area contributed by atoms with Crippen molar-refractivity contribution in [3.8, 4) is 0 Å². The van der Waals surface area contributed by atoms with Crippen molar-refractivity contribution in [1.29, 1.82) is 0 Å². The summed E-state index contributed by atoms with van der Waals surface area (Å²) >= 11 is 1.97. The van der Waals surface area contributed by atoms with E-state index < -0.39 is 0 Å². The van der Waals surface area contributed by atoms with Gasteiger partial charge in [-0.05, 0) is 36.5 Å². The molecule has 0 aromatic heterocycles. The number of benzene rings is 1. The van der Waals surface area contributed by atoms with Crippen LogP contribution < -0.4 is 5.73 Å². The summed E-state index contributed by atoms with van der Waals surface area (Å²) in [6.45, 7) is 0.140. The molecule has 0 amide bonds. The first-order valence-corrected chi connectivity index (χ1v) is 7.91.